The number of rotatable bonds is 8. The first-order valence-electron chi connectivity index (χ1n) is 8.74. The molecule has 0 heterocycles. The van der Waals surface area contributed by atoms with E-state index < -0.39 is 8.32 Å². The van der Waals surface area contributed by atoms with Crippen LogP contribution in [0.4, 0.5) is 5.69 Å². The van der Waals surface area contributed by atoms with Gasteiger partial charge in [0, 0.05) is 5.02 Å². The zero-order valence-electron chi connectivity index (χ0n) is 15.7. The fourth-order valence-corrected chi connectivity index (χ4v) is 3.51. The van der Waals surface area contributed by atoms with Gasteiger partial charge in [0.1, 0.15) is 0 Å². The van der Waals surface area contributed by atoms with E-state index >= 15 is 0 Å². The van der Waals surface area contributed by atoms with Gasteiger partial charge >= 0.3 is 5.97 Å². The Morgan fingerprint density at radius 1 is 1.08 bits per heavy atom. The second kappa shape index (κ2) is 9.21. The van der Waals surface area contributed by atoms with Crippen LogP contribution in [0.1, 0.15) is 24.9 Å². The lowest BCUT2D eigenvalue weighted by Crippen LogP contribution is -2.40. The second-order valence-corrected chi connectivity index (χ2v) is 11.8. The Kier molecular flexibility index (Phi) is 7.26. The highest BCUT2D eigenvalue weighted by Crippen LogP contribution is 2.33. The summed E-state index contributed by atoms with van der Waals surface area (Å²) in [7, 11) is -1.93. The van der Waals surface area contributed by atoms with E-state index in [1.807, 2.05) is 66.6 Å². The summed E-state index contributed by atoms with van der Waals surface area (Å²) in [5, 5.41) is 2.51. The molecule has 0 fully saturated rings. The maximum atomic E-state index is 12.3. The number of benzene rings is 2. The van der Waals surface area contributed by atoms with Crippen LogP contribution in [0.3, 0.4) is 0 Å². The van der Waals surface area contributed by atoms with Crippen molar-refractivity contribution in [2.75, 3.05) is 11.7 Å². The number of hydroxylamine groups is 1. The summed E-state index contributed by atoms with van der Waals surface area (Å²) in [6.07, 6.45) is 0.189. The number of carbonyl (C=O) groups excluding carboxylic acids is 1. The van der Waals surface area contributed by atoms with Crippen LogP contribution in [-0.2, 0) is 14.1 Å². The Labute approximate surface area is 161 Å². The number of hydrogen-bond acceptors (Lipinski definition) is 4. The van der Waals surface area contributed by atoms with Gasteiger partial charge in [0.15, 0.2) is 0 Å². The quantitative estimate of drug-likeness (QED) is 0.333. The smallest absolute Gasteiger partial charge is 0.308 e. The second-order valence-electron chi connectivity index (χ2n) is 6.94. The van der Waals surface area contributed by atoms with E-state index in [1.54, 1.807) is 0 Å². The Balaban J connectivity index is 2.45. The SMILES string of the molecule is CCOC(=O)CC(c1ccc(Cl)cc1)N(O[Si](C)(C)C)c1ccccc1. The van der Waals surface area contributed by atoms with Crippen molar-refractivity contribution in [3.8, 4) is 0 Å². The van der Waals surface area contributed by atoms with Crippen LogP contribution in [0.15, 0.2) is 54.6 Å². The molecule has 0 N–H and O–H groups in total. The van der Waals surface area contributed by atoms with Gasteiger partial charge in [-0.25, -0.2) is 0 Å². The molecule has 0 radical (unpaired) electrons. The fourth-order valence-electron chi connectivity index (χ4n) is 2.57. The minimum absolute atomic E-state index is 0.189. The molecule has 1 unspecified atom stereocenters. The van der Waals surface area contributed by atoms with Gasteiger partial charge < -0.3 is 9.26 Å². The van der Waals surface area contributed by atoms with Gasteiger partial charge in [-0.15, -0.1) is 0 Å². The topological polar surface area (TPSA) is 38.8 Å². The summed E-state index contributed by atoms with van der Waals surface area (Å²) in [6.45, 7) is 8.51. The Morgan fingerprint density at radius 3 is 2.23 bits per heavy atom. The molecule has 140 valence electrons. The standard InChI is InChI=1S/C20H26ClNO3Si/c1-5-24-20(23)15-19(16-11-13-17(21)14-12-16)22(25-26(2,3)4)18-9-7-6-8-10-18/h6-14,19H,5,15H2,1-4H3. The molecule has 0 aliphatic heterocycles. The molecular weight excluding hydrogens is 366 g/mol. The van der Waals surface area contributed by atoms with E-state index in [0.29, 0.717) is 11.6 Å². The van der Waals surface area contributed by atoms with Crippen LogP contribution in [0.2, 0.25) is 24.7 Å². The molecule has 2 aromatic rings. The van der Waals surface area contributed by atoms with Crippen molar-refractivity contribution >= 4 is 31.6 Å². The summed E-state index contributed by atoms with van der Waals surface area (Å²) in [4.78, 5) is 12.3. The molecule has 0 saturated carbocycles. The summed E-state index contributed by atoms with van der Waals surface area (Å²) in [5.74, 6) is -0.257. The highest BCUT2D eigenvalue weighted by molar-refractivity contribution is 6.69. The molecule has 0 aliphatic rings. The number of hydrogen-bond donors (Lipinski definition) is 0. The van der Waals surface area contributed by atoms with Crippen molar-refractivity contribution in [1.29, 1.82) is 0 Å². The minimum Gasteiger partial charge on any atom is -0.466 e. The first kappa shape index (κ1) is 20.5. The van der Waals surface area contributed by atoms with Crippen molar-refractivity contribution in [1.82, 2.24) is 0 Å². The van der Waals surface area contributed by atoms with Crippen molar-refractivity contribution < 1.29 is 14.1 Å². The maximum Gasteiger partial charge on any atom is 0.308 e. The first-order chi connectivity index (χ1) is 12.3. The zero-order valence-corrected chi connectivity index (χ0v) is 17.5. The summed E-state index contributed by atoms with van der Waals surface area (Å²) in [5.41, 5.74) is 1.85. The monoisotopic (exact) mass is 391 g/mol. The largest absolute Gasteiger partial charge is 0.466 e. The van der Waals surface area contributed by atoms with Crippen LogP contribution in [0.25, 0.3) is 0 Å². The summed E-state index contributed by atoms with van der Waals surface area (Å²) >= 11 is 6.05. The molecule has 0 aromatic heterocycles. The van der Waals surface area contributed by atoms with Gasteiger partial charge in [0.25, 0.3) is 0 Å². The number of anilines is 1. The molecule has 0 bridgehead atoms. The highest BCUT2D eigenvalue weighted by Gasteiger charge is 2.30. The Hall–Kier alpha value is -1.82. The van der Waals surface area contributed by atoms with Gasteiger partial charge in [-0.1, -0.05) is 41.9 Å². The van der Waals surface area contributed by atoms with Crippen LogP contribution >= 0.6 is 11.6 Å². The zero-order chi connectivity index (χ0) is 19.2. The Bertz CT molecular complexity index is 701. The molecule has 2 aromatic carbocycles. The number of para-hydroxylation sites is 1. The van der Waals surface area contributed by atoms with Crippen molar-refractivity contribution in [2.45, 2.75) is 39.0 Å². The highest BCUT2D eigenvalue weighted by atomic mass is 35.5. The molecule has 0 saturated heterocycles. The molecule has 1 atom stereocenters. The lowest BCUT2D eigenvalue weighted by atomic mass is 10.0. The van der Waals surface area contributed by atoms with Gasteiger partial charge in [-0.3, -0.25) is 9.86 Å². The molecular formula is C20H26ClNO3Si. The van der Waals surface area contributed by atoms with Crippen LogP contribution in [0.5, 0.6) is 0 Å². The summed E-state index contributed by atoms with van der Waals surface area (Å²) < 4.78 is 11.6. The average Bonchev–Trinajstić information content (AvgIpc) is 2.59. The van der Waals surface area contributed by atoms with Crippen molar-refractivity contribution in [2.24, 2.45) is 0 Å². The third-order valence-corrected chi connectivity index (χ3v) is 4.58. The van der Waals surface area contributed by atoms with Crippen LogP contribution in [-0.4, -0.2) is 20.9 Å². The van der Waals surface area contributed by atoms with Gasteiger partial charge in [-0.2, -0.15) is 0 Å². The van der Waals surface area contributed by atoms with Crippen LogP contribution < -0.4 is 5.06 Å². The van der Waals surface area contributed by atoms with E-state index in [4.69, 9.17) is 20.9 Å². The van der Waals surface area contributed by atoms with E-state index in [9.17, 15) is 4.79 Å². The normalized spacial score (nSPS) is 12.5. The van der Waals surface area contributed by atoms with Gasteiger partial charge in [0.05, 0.1) is 24.8 Å². The predicted molar refractivity (Wildman–Crippen MR) is 109 cm³/mol. The predicted octanol–water partition coefficient (Wildman–Crippen LogP) is 5.61. The van der Waals surface area contributed by atoms with E-state index in [-0.39, 0.29) is 18.4 Å². The minimum atomic E-state index is -1.93. The molecule has 0 amide bonds. The molecule has 0 aliphatic carbocycles. The molecule has 0 spiro atoms. The van der Waals surface area contributed by atoms with E-state index in [2.05, 4.69) is 19.6 Å². The first-order valence-corrected chi connectivity index (χ1v) is 12.5. The number of halogens is 1. The third-order valence-electron chi connectivity index (χ3n) is 3.59. The van der Waals surface area contributed by atoms with Crippen LogP contribution in [0, 0.1) is 0 Å². The molecule has 26 heavy (non-hydrogen) atoms. The van der Waals surface area contributed by atoms with E-state index in [1.165, 1.54) is 0 Å². The lowest BCUT2D eigenvalue weighted by Gasteiger charge is -2.37. The van der Waals surface area contributed by atoms with Crippen molar-refractivity contribution in [3.05, 3.63) is 65.2 Å². The summed E-state index contributed by atoms with van der Waals surface area (Å²) in [6, 6.07) is 17.0. The Morgan fingerprint density at radius 2 is 1.69 bits per heavy atom. The molecule has 2 rings (SSSR count). The van der Waals surface area contributed by atoms with Crippen molar-refractivity contribution in [3.63, 3.8) is 0 Å². The van der Waals surface area contributed by atoms with Gasteiger partial charge in [0.2, 0.25) is 8.32 Å². The fraction of sp³-hybridized carbons (Fsp3) is 0.350. The maximum absolute atomic E-state index is 12.3. The number of esters is 1. The lowest BCUT2D eigenvalue weighted by molar-refractivity contribution is -0.143. The molecule has 6 heteroatoms. The average molecular weight is 392 g/mol. The van der Waals surface area contributed by atoms with Gasteiger partial charge in [-0.05, 0) is 56.4 Å². The third kappa shape index (κ3) is 6.16. The number of carbonyl (C=O) groups is 1. The van der Waals surface area contributed by atoms with E-state index in [0.717, 1.165) is 11.3 Å². The molecule has 4 nitrogen and oxygen atoms in total. The number of nitrogens with zero attached hydrogens (tertiary/aromatic N) is 1. The number of ether oxygens (including phenoxy) is 1.